The molecule has 0 aromatic carbocycles. The second kappa shape index (κ2) is 17.6. The van der Waals surface area contributed by atoms with Crippen LogP contribution in [0.1, 0.15) is 145 Å². The number of ether oxygens (including phenoxy) is 2. The van der Waals surface area contributed by atoms with E-state index in [0.717, 1.165) is 25.7 Å². The fourth-order valence-electron chi connectivity index (χ4n) is 7.40. The molecule has 0 spiro atoms. The van der Waals surface area contributed by atoms with Crippen molar-refractivity contribution in [3.63, 3.8) is 0 Å². The van der Waals surface area contributed by atoms with Gasteiger partial charge in [-0.3, -0.25) is 9.59 Å². The maximum absolute atomic E-state index is 12.6. The van der Waals surface area contributed by atoms with Gasteiger partial charge in [-0.15, -0.1) is 0 Å². The molecule has 2 aliphatic heterocycles. The van der Waals surface area contributed by atoms with Gasteiger partial charge in [0.1, 0.15) is 12.2 Å². The number of esters is 2. The maximum Gasteiger partial charge on any atom is 0.336 e. The fraction of sp³-hybridized carbons (Fsp3) is 0.853. The number of aliphatic hydroxyl groups is 1. The number of piperidine rings is 2. The normalized spacial score (nSPS) is 20.3. The highest BCUT2D eigenvalue weighted by molar-refractivity contribution is 5.89. The van der Waals surface area contributed by atoms with E-state index < -0.39 is 48.3 Å². The molecule has 0 atom stereocenters. The van der Waals surface area contributed by atoms with E-state index in [-0.39, 0.29) is 47.2 Å². The number of hydrogen-bond donors (Lipinski definition) is 4. The van der Waals surface area contributed by atoms with Gasteiger partial charge in [0.15, 0.2) is 5.60 Å². The molecule has 13 nitrogen and oxygen atoms in total. The van der Waals surface area contributed by atoms with Gasteiger partial charge in [-0.1, -0.05) is 25.7 Å². The molecule has 2 saturated heterocycles. The Morgan fingerprint density at radius 2 is 0.894 bits per heavy atom. The van der Waals surface area contributed by atoms with Gasteiger partial charge < -0.3 is 50.1 Å². The van der Waals surface area contributed by atoms with E-state index in [1.807, 2.05) is 0 Å². The summed E-state index contributed by atoms with van der Waals surface area (Å²) in [5, 5.41) is 44.8. The van der Waals surface area contributed by atoms with Gasteiger partial charge in [0.05, 0.1) is 35.0 Å². The largest absolute Gasteiger partial charge is 0.550 e. The van der Waals surface area contributed by atoms with Crippen molar-refractivity contribution < 1.29 is 64.5 Å². The number of rotatable bonds is 16. The van der Waals surface area contributed by atoms with E-state index >= 15 is 0 Å². The summed E-state index contributed by atoms with van der Waals surface area (Å²) in [5.74, 6) is -5.31. The Balaban J connectivity index is 0.000000663. The first-order valence-corrected chi connectivity index (χ1v) is 16.8. The van der Waals surface area contributed by atoms with Crippen LogP contribution in [0.2, 0.25) is 0 Å². The zero-order valence-corrected chi connectivity index (χ0v) is 29.8. The molecule has 0 amide bonds. The minimum absolute atomic E-state index is 0.124. The Morgan fingerprint density at radius 3 is 1.15 bits per heavy atom. The molecule has 0 unspecified atom stereocenters. The van der Waals surface area contributed by atoms with Crippen LogP contribution in [0.3, 0.4) is 0 Å². The zero-order valence-electron chi connectivity index (χ0n) is 29.8. The van der Waals surface area contributed by atoms with Crippen LogP contribution in [-0.4, -0.2) is 80.0 Å². The van der Waals surface area contributed by atoms with Crippen LogP contribution in [0, 0.1) is 0 Å². The standard InChI is InChI=1S/C24H42N2O7.C10H18O4/c1-20(2)9-15(10-21(3,4)25-20)32-17(27)13-24(31,19(29)30)14-18(28)33-16-11-22(5,6)26-23(7,8)12-16;11-9(12)7-5-3-1-2-4-6-8-10(13)14/h15-16,25-26,31H,9-14H2,1-8H3,(H,29,30);1-8H2,(H,11,12)(H,13,14). The first-order valence-electron chi connectivity index (χ1n) is 16.8. The van der Waals surface area contributed by atoms with Crippen LogP contribution in [0.5, 0.6) is 0 Å². The van der Waals surface area contributed by atoms with Crippen molar-refractivity contribution in [2.75, 3.05) is 0 Å². The van der Waals surface area contributed by atoms with Crippen molar-refractivity contribution >= 4 is 29.8 Å². The first kappa shape index (κ1) is 42.3. The minimum Gasteiger partial charge on any atom is -0.550 e. The summed E-state index contributed by atoms with van der Waals surface area (Å²) >= 11 is 0. The van der Waals surface area contributed by atoms with Crippen LogP contribution in [0.4, 0.5) is 0 Å². The molecular weight excluding hydrogens is 612 g/mol. The van der Waals surface area contributed by atoms with E-state index in [0.29, 0.717) is 38.5 Å². The SMILES string of the molecule is CC1(C)CC(OC(=O)CC(O)(CC(=O)OC2CC(C)(C)[NH2+]C(C)(C)C2)C(=O)O)CC(C)(C)[NH2+]1.O=C([O-])CCCCCCCCC(=O)[O-]. The first-order chi connectivity index (χ1) is 21.3. The maximum atomic E-state index is 12.6. The quantitative estimate of drug-likeness (QED) is 0.125. The molecule has 2 fully saturated rings. The number of carboxylic acids is 3. The van der Waals surface area contributed by atoms with E-state index in [1.165, 1.54) is 0 Å². The summed E-state index contributed by atoms with van der Waals surface area (Å²) in [5.41, 5.74) is -3.14. The number of aliphatic carboxylic acids is 3. The second-order valence-electron chi connectivity index (χ2n) is 16.3. The summed E-state index contributed by atoms with van der Waals surface area (Å²) in [6.45, 7) is 16.5. The van der Waals surface area contributed by atoms with Gasteiger partial charge in [0, 0.05) is 37.6 Å². The van der Waals surface area contributed by atoms with Gasteiger partial charge in [-0.25, -0.2) is 4.79 Å². The molecule has 0 saturated carbocycles. The Labute approximate surface area is 279 Å². The van der Waals surface area contributed by atoms with Crippen molar-refractivity contribution in [3.8, 4) is 0 Å². The monoisotopic (exact) mass is 672 g/mol. The van der Waals surface area contributed by atoms with E-state index in [9.17, 15) is 44.4 Å². The summed E-state index contributed by atoms with van der Waals surface area (Å²) in [4.78, 5) is 57.0. The number of quaternary nitrogens is 2. The van der Waals surface area contributed by atoms with Crippen molar-refractivity contribution in [3.05, 3.63) is 0 Å². The summed E-state index contributed by atoms with van der Waals surface area (Å²) in [7, 11) is 0. The van der Waals surface area contributed by atoms with Gasteiger partial charge in [0.2, 0.25) is 0 Å². The lowest BCUT2D eigenvalue weighted by molar-refractivity contribution is -0.790. The molecule has 0 aromatic heterocycles. The third kappa shape index (κ3) is 17.8. The molecule has 6 N–H and O–H groups in total. The van der Waals surface area contributed by atoms with Crippen molar-refractivity contribution in [1.29, 1.82) is 0 Å². The van der Waals surface area contributed by atoms with Crippen molar-refractivity contribution in [2.24, 2.45) is 0 Å². The van der Waals surface area contributed by atoms with Gasteiger partial charge in [-0.2, -0.15) is 0 Å². The highest BCUT2D eigenvalue weighted by atomic mass is 16.6. The summed E-state index contributed by atoms with van der Waals surface area (Å²) in [6.07, 6.45) is 5.27. The van der Waals surface area contributed by atoms with E-state index in [2.05, 4.69) is 66.0 Å². The van der Waals surface area contributed by atoms with Crippen molar-refractivity contribution in [2.45, 2.75) is 185 Å². The average molecular weight is 673 g/mol. The molecule has 0 radical (unpaired) electrons. The smallest absolute Gasteiger partial charge is 0.336 e. The lowest BCUT2D eigenvalue weighted by atomic mass is 9.81. The minimum atomic E-state index is -2.58. The molecule has 13 heteroatoms. The molecule has 0 aliphatic carbocycles. The molecule has 0 bridgehead atoms. The molecule has 0 aromatic rings. The predicted octanol–water partition coefficient (Wildman–Crippen LogP) is -0.158. The van der Waals surface area contributed by atoms with E-state index in [1.54, 1.807) is 0 Å². The lowest BCUT2D eigenvalue weighted by Crippen LogP contribution is -3.06. The van der Waals surface area contributed by atoms with Gasteiger partial charge >= 0.3 is 17.9 Å². The molecule has 2 rings (SSSR count). The highest BCUT2D eigenvalue weighted by Gasteiger charge is 2.47. The number of carbonyl (C=O) groups is 5. The number of carboxylic acid groups (broad SMARTS) is 3. The zero-order chi connectivity index (χ0) is 36.3. The topological polar surface area (TPSA) is 224 Å². The predicted molar refractivity (Wildman–Crippen MR) is 167 cm³/mol. The molecular formula is C34H60N2O11. The molecule has 2 heterocycles. The Hall–Kier alpha value is -2.77. The third-order valence-corrected chi connectivity index (χ3v) is 8.46. The lowest BCUT2D eigenvalue weighted by Gasteiger charge is -2.42. The molecule has 272 valence electrons. The second-order valence-corrected chi connectivity index (χ2v) is 16.3. The van der Waals surface area contributed by atoms with Gasteiger partial charge in [0.25, 0.3) is 0 Å². The Kier molecular flexibility index (Phi) is 15.8. The Bertz CT molecular complexity index is 978. The van der Waals surface area contributed by atoms with Crippen LogP contribution >= 0.6 is 0 Å². The highest BCUT2D eigenvalue weighted by Crippen LogP contribution is 2.28. The van der Waals surface area contributed by atoms with Crippen LogP contribution < -0.4 is 20.8 Å². The fourth-order valence-corrected chi connectivity index (χ4v) is 7.40. The van der Waals surface area contributed by atoms with Crippen LogP contribution in [-0.2, 0) is 33.4 Å². The summed E-state index contributed by atoms with van der Waals surface area (Å²) in [6, 6.07) is 0. The van der Waals surface area contributed by atoms with Crippen molar-refractivity contribution in [1.82, 2.24) is 0 Å². The molecule has 2 aliphatic rings. The average Bonchev–Trinajstić information content (AvgIpc) is 2.81. The Morgan fingerprint density at radius 1 is 0.617 bits per heavy atom. The van der Waals surface area contributed by atoms with Crippen LogP contribution in [0.25, 0.3) is 0 Å². The van der Waals surface area contributed by atoms with Gasteiger partial charge in [-0.05, 0) is 81.1 Å². The third-order valence-electron chi connectivity index (χ3n) is 8.46. The number of unbranched alkanes of at least 4 members (excludes halogenated alkanes) is 5. The van der Waals surface area contributed by atoms with E-state index in [4.69, 9.17) is 9.47 Å². The molecule has 47 heavy (non-hydrogen) atoms. The number of nitrogens with two attached hydrogens (primary N) is 2. The van der Waals surface area contributed by atoms with Crippen LogP contribution in [0.15, 0.2) is 0 Å². The number of hydrogen-bond acceptors (Lipinski definition) is 10. The number of carbonyl (C=O) groups excluding carboxylic acids is 4. The summed E-state index contributed by atoms with van der Waals surface area (Å²) < 4.78 is 11.1.